The number of rotatable bonds is 0. The van der Waals surface area contributed by atoms with Gasteiger partial charge in [-0.1, -0.05) is 26.0 Å². The Morgan fingerprint density at radius 1 is 1.42 bits per heavy atom. The average Bonchev–Trinajstić information content (AvgIpc) is 2.41. The maximum Gasteiger partial charge on any atom is 0.0893 e. The van der Waals surface area contributed by atoms with Gasteiger partial charge in [-0.15, -0.1) is 0 Å². The minimum absolute atomic E-state index is 0.126. The third-order valence-electron chi connectivity index (χ3n) is 3.48. The number of aliphatic hydroxyl groups excluding tert-OH is 1. The smallest absolute Gasteiger partial charge is 0.0893 e. The minimum atomic E-state index is -0.233. The SMILES string of the molecule is C[C@H]1[C@@H](O)[C@@H](C)[C@@]2(C)C=C[C@@H]1O2. The van der Waals surface area contributed by atoms with Gasteiger partial charge in [-0.25, -0.2) is 0 Å². The molecule has 0 amide bonds. The molecular weight excluding hydrogens is 152 g/mol. The van der Waals surface area contributed by atoms with Crippen molar-refractivity contribution in [2.45, 2.75) is 38.6 Å². The first-order chi connectivity index (χ1) is 5.54. The highest BCUT2D eigenvalue weighted by molar-refractivity contribution is 5.18. The standard InChI is InChI=1S/C10H16O2/c1-6-8-4-5-10(3,12-8)7(2)9(6)11/h4-9,11H,1-3H3/t6-,7-,8+,9-,10-/m1/s1. The highest BCUT2D eigenvalue weighted by Gasteiger charge is 2.48. The zero-order chi connectivity index (χ0) is 8.93. The number of hydrogen-bond donors (Lipinski definition) is 1. The molecule has 5 atom stereocenters. The van der Waals surface area contributed by atoms with Crippen LogP contribution in [0.5, 0.6) is 0 Å². The second kappa shape index (κ2) is 2.33. The van der Waals surface area contributed by atoms with Crippen LogP contribution in [0.25, 0.3) is 0 Å². The maximum absolute atomic E-state index is 9.87. The highest BCUT2D eigenvalue weighted by Crippen LogP contribution is 2.42. The van der Waals surface area contributed by atoms with E-state index in [0.29, 0.717) is 0 Å². The Morgan fingerprint density at radius 3 is 2.75 bits per heavy atom. The summed E-state index contributed by atoms with van der Waals surface area (Å²) in [6.07, 6.45) is 4.07. The molecule has 2 heterocycles. The van der Waals surface area contributed by atoms with Gasteiger partial charge < -0.3 is 9.84 Å². The first-order valence-electron chi connectivity index (χ1n) is 4.60. The third kappa shape index (κ3) is 0.882. The van der Waals surface area contributed by atoms with Gasteiger partial charge in [0.05, 0.1) is 17.8 Å². The first kappa shape index (κ1) is 8.27. The first-order valence-corrected chi connectivity index (χ1v) is 4.60. The quantitative estimate of drug-likeness (QED) is 0.553. The van der Waals surface area contributed by atoms with Crippen LogP contribution >= 0.6 is 0 Å². The van der Waals surface area contributed by atoms with Crippen molar-refractivity contribution in [3.8, 4) is 0 Å². The fourth-order valence-electron chi connectivity index (χ4n) is 2.19. The van der Waals surface area contributed by atoms with E-state index in [0.717, 1.165) is 0 Å². The van der Waals surface area contributed by atoms with Gasteiger partial charge in [0.15, 0.2) is 0 Å². The lowest BCUT2D eigenvalue weighted by molar-refractivity contribution is -0.163. The van der Waals surface area contributed by atoms with E-state index < -0.39 is 0 Å². The van der Waals surface area contributed by atoms with E-state index in [2.05, 4.69) is 12.2 Å². The van der Waals surface area contributed by atoms with Crippen LogP contribution in [0.3, 0.4) is 0 Å². The second-order valence-electron chi connectivity index (χ2n) is 4.26. The molecule has 1 N–H and O–H groups in total. The van der Waals surface area contributed by atoms with Crippen LogP contribution in [0.1, 0.15) is 20.8 Å². The van der Waals surface area contributed by atoms with Crippen LogP contribution < -0.4 is 0 Å². The molecule has 0 spiro atoms. The lowest BCUT2D eigenvalue weighted by atomic mass is 9.80. The second-order valence-corrected chi connectivity index (χ2v) is 4.26. The molecular formula is C10H16O2. The van der Waals surface area contributed by atoms with Crippen LogP contribution in [0.15, 0.2) is 12.2 Å². The Bertz CT molecular complexity index is 224. The molecule has 1 fully saturated rings. The van der Waals surface area contributed by atoms with Crippen molar-refractivity contribution in [2.24, 2.45) is 11.8 Å². The summed E-state index contributed by atoms with van der Waals surface area (Å²) in [5, 5.41) is 9.87. The Kier molecular flexibility index (Phi) is 1.61. The summed E-state index contributed by atoms with van der Waals surface area (Å²) in [6.45, 7) is 6.14. The van der Waals surface area contributed by atoms with Gasteiger partial charge in [0.1, 0.15) is 0 Å². The molecule has 2 rings (SSSR count). The molecule has 2 bridgehead atoms. The van der Waals surface area contributed by atoms with Gasteiger partial charge in [0.25, 0.3) is 0 Å². The summed E-state index contributed by atoms with van der Waals surface area (Å²) in [4.78, 5) is 0. The van der Waals surface area contributed by atoms with Gasteiger partial charge in [-0.2, -0.15) is 0 Å². The van der Waals surface area contributed by atoms with Crippen molar-refractivity contribution in [1.29, 1.82) is 0 Å². The van der Waals surface area contributed by atoms with Gasteiger partial charge in [0, 0.05) is 11.8 Å². The number of aliphatic hydroxyl groups is 1. The van der Waals surface area contributed by atoms with Gasteiger partial charge in [-0.3, -0.25) is 0 Å². The molecule has 1 saturated heterocycles. The van der Waals surface area contributed by atoms with E-state index in [-0.39, 0.29) is 29.6 Å². The summed E-state index contributed by atoms with van der Waals surface area (Å²) in [5.41, 5.74) is -0.226. The van der Waals surface area contributed by atoms with E-state index >= 15 is 0 Å². The predicted molar refractivity (Wildman–Crippen MR) is 46.8 cm³/mol. The molecule has 2 aliphatic heterocycles. The molecule has 0 aromatic heterocycles. The summed E-state index contributed by atoms with van der Waals surface area (Å²) in [7, 11) is 0. The zero-order valence-electron chi connectivity index (χ0n) is 7.82. The summed E-state index contributed by atoms with van der Waals surface area (Å²) in [6, 6.07) is 0. The topological polar surface area (TPSA) is 29.5 Å². The van der Waals surface area contributed by atoms with Gasteiger partial charge in [0.2, 0.25) is 0 Å². The monoisotopic (exact) mass is 168 g/mol. The molecule has 0 aliphatic carbocycles. The van der Waals surface area contributed by atoms with E-state index in [4.69, 9.17) is 4.74 Å². The maximum atomic E-state index is 9.87. The normalized spacial score (nSPS) is 57.7. The lowest BCUT2D eigenvalue weighted by Gasteiger charge is -2.43. The molecule has 2 heteroatoms. The Labute approximate surface area is 73.2 Å². The third-order valence-corrected chi connectivity index (χ3v) is 3.48. The van der Waals surface area contributed by atoms with Crippen molar-refractivity contribution in [2.75, 3.05) is 0 Å². The van der Waals surface area contributed by atoms with Crippen LogP contribution in [0.4, 0.5) is 0 Å². The van der Waals surface area contributed by atoms with Crippen molar-refractivity contribution in [3.63, 3.8) is 0 Å². The highest BCUT2D eigenvalue weighted by atomic mass is 16.5. The van der Waals surface area contributed by atoms with Crippen LogP contribution in [-0.2, 0) is 4.74 Å². The van der Waals surface area contributed by atoms with Crippen molar-refractivity contribution in [1.82, 2.24) is 0 Å². The van der Waals surface area contributed by atoms with Gasteiger partial charge in [-0.05, 0) is 6.92 Å². The van der Waals surface area contributed by atoms with Crippen molar-refractivity contribution in [3.05, 3.63) is 12.2 Å². The molecule has 68 valence electrons. The van der Waals surface area contributed by atoms with E-state index in [9.17, 15) is 5.11 Å². The largest absolute Gasteiger partial charge is 0.392 e. The molecule has 12 heavy (non-hydrogen) atoms. The Hall–Kier alpha value is -0.340. The van der Waals surface area contributed by atoms with Crippen LogP contribution in [0, 0.1) is 11.8 Å². The molecule has 2 aliphatic rings. The van der Waals surface area contributed by atoms with Crippen molar-refractivity contribution < 1.29 is 9.84 Å². The zero-order valence-corrected chi connectivity index (χ0v) is 7.82. The molecule has 0 aromatic rings. The molecule has 2 nitrogen and oxygen atoms in total. The lowest BCUT2D eigenvalue weighted by Crippen LogP contribution is -2.50. The Balaban J connectivity index is 2.31. The molecule has 0 aromatic carbocycles. The summed E-state index contributed by atoms with van der Waals surface area (Å²) in [5.74, 6) is 0.425. The average molecular weight is 168 g/mol. The van der Waals surface area contributed by atoms with Crippen LogP contribution in [-0.4, -0.2) is 22.9 Å². The fraction of sp³-hybridized carbons (Fsp3) is 0.800. The fourth-order valence-corrected chi connectivity index (χ4v) is 2.19. The summed E-state index contributed by atoms with van der Waals surface area (Å²) >= 11 is 0. The van der Waals surface area contributed by atoms with E-state index in [1.165, 1.54) is 0 Å². The van der Waals surface area contributed by atoms with E-state index in [1.807, 2.05) is 20.8 Å². The molecule has 0 radical (unpaired) electrons. The summed E-state index contributed by atoms with van der Waals surface area (Å²) < 4.78 is 5.81. The van der Waals surface area contributed by atoms with Crippen molar-refractivity contribution >= 4 is 0 Å². The Morgan fingerprint density at radius 2 is 2.08 bits per heavy atom. The molecule has 0 unspecified atom stereocenters. The molecule has 0 saturated carbocycles. The van der Waals surface area contributed by atoms with E-state index in [1.54, 1.807) is 0 Å². The predicted octanol–water partition coefficient (Wildman–Crippen LogP) is 1.35. The minimum Gasteiger partial charge on any atom is -0.392 e. The number of ether oxygens (including phenoxy) is 1. The number of fused-ring (bicyclic) bond motifs is 2. The number of hydrogen-bond acceptors (Lipinski definition) is 2. The van der Waals surface area contributed by atoms with Gasteiger partial charge >= 0.3 is 0 Å². The van der Waals surface area contributed by atoms with Crippen LogP contribution in [0.2, 0.25) is 0 Å².